The largest absolute Gasteiger partial charge is 0.619 e. The number of rotatable bonds is 7. The Bertz CT molecular complexity index is 547. The lowest BCUT2D eigenvalue weighted by molar-refractivity contribution is -0.606. The zero-order valence-electron chi connectivity index (χ0n) is 14.1. The summed E-state index contributed by atoms with van der Waals surface area (Å²) in [5.74, 6) is 0.594. The SMILES string of the molecule is CCCC(=O)C=Cc1cc(OC(C)[C@@H]2CCCN2)c[n+]([O-])c1.Cl.Cl. The summed E-state index contributed by atoms with van der Waals surface area (Å²) >= 11 is 0. The van der Waals surface area contributed by atoms with Crippen LogP contribution in [-0.2, 0) is 4.79 Å². The van der Waals surface area contributed by atoms with Gasteiger partial charge in [0.1, 0.15) is 6.10 Å². The molecule has 0 saturated carbocycles. The van der Waals surface area contributed by atoms with Crippen molar-refractivity contribution in [2.24, 2.45) is 0 Å². The number of nitrogens with zero attached hydrogens (tertiary/aromatic N) is 1. The van der Waals surface area contributed by atoms with Crippen molar-refractivity contribution in [2.75, 3.05) is 6.54 Å². The summed E-state index contributed by atoms with van der Waals surface area (Å²) in [5.41, 5.74) is 0.670. The second-order valence-corrected chi connectivity index (χ2v) is 5.74. The Morgan fingerprint density at radius 3 is 2.88 bits per heavy atom. The molecule has 136 valence electrons. The van der Waals surface area contributed by atoms with E-state index in [0.29, 0.717) is 28.5 Å². The summed E-state index contributed by atoms with van der Waals surface area (Å²) in [5, 5.41) is 15.1. The number of hydrogen-bond acceptors (Lipinski definition) is 4. The first-order chi connectivity index (χ1) is 10.6. The third kappa shape index (κ3) is 7.07. The first-order valence-electron chi connectivity index (χ1n) is 7.93. The van der Waals surface area contributed by atoms with E-state index in [1.165, 1.54) is 18.5 Å². The zero-order valence-corrected chi connectivity index (χ0v) is 15.7. The Labute approximate surface area is 155 Å². The number of carbonyl (C=O) groups is 1. The predicted octanol–water partition coefficient (Wildman–Crippen LogP) is 3.07. The van der Waals surface area contributed by atoms with Crippen LogP contribution >= 0.6 is 24.8 Å². The van der Waals surface area contributed by atoms with Gasteiger partial charge in [0.25, 0.3) is 0 Å². The molecule has 1 aromatic heterocycles. The summed E-state index contributed by atoms with van der Waals surface area (Å²) in [7, 11) is 0. The first-order valence-corrected chi connectivity index (χ1v) is 7.93. The second kappa shape index (κ2) is 11.3. The Morgan fingerprint density at radius 2 is 2.25 bits per heavy atom. The van der Waals surface area contributed by atoms with E-state index in [2.05, 4.69) is 5.32 Å². The molecule has 7 heteroatoms. The fourth-order valence-corrected chi connectivity index (χ4v) is 2.63. The normalized spacial score (nSPS) is 17.8. The van der Waals surface area contributed by atoms with Crippen LogP contribution in [-0.4, -0.2) is 24.5 Å². The van der Waals surface area contributed by atoms with E-state index >= 15 is 0 Å². The number of pyridine rings is 1. The lowest BCUT2D eigenvalue weighted by Crippen LogP contribution is -2.37. The van der Waals surface area contributed by atoms with Crippen molar-refractivity contribution in [3.05, 3.63) is 35.3 Å². The summed E-state index contributed by atoms with van der Waals surface area (Å²) < 4.78 is 6.59. The summed E-state index contributed by atoms with van der Waals surface area (Å²) in [6.45, 7) is 4.98. The van der Waals surface area contributed by atoms with Gasteiger partial charge in [-0.2, -0.15) is 4.73 Å². The van der Waals surface area contributed by atoms with Crippen LogP contribution < -0.4 is 14.8 Å². The molecule has 0 aliphatic carbocycles. The molecule has 1 unspecified atom stereocenters. The van der Waals surface area contributed by atoms with Gasteiger partial charge >= 0.3 is 0 Å². The van der Waals surface area contributed by atoms with Gasteiger partial charge in [-0.15, -0.1) is 24.8 Å². The van der Waals surface area contributed by atoms with Crippen LogP contribution in [0.4, 0.5) is 0 Å². The van der Waals surface area contributed by atoms with Crippen molar-refractivity contribution in [2.45, 2.75) is 51.7 Å². The van der Waals surface area contributed by atoms with E-state index in [1.54, 1.807) is 12.1 Å². The molecule has 1 aromatic rings. The molecule has 2 heterocycles. The lowest BCUT2D eigenvalue weighted by Gasteiger charge is -2.20. The van der Waals surface area contributed by atoms with Crippen LogP contribution in [0.5, 0.6) is 5.75 Å². The van der Waals surface area contributed by atoms with Crippen molar-refractivity contribution in [3.8, 4) is 5.75 Å². The first kappa shape index (κ1) is 22.7. The molecule has 2 rings (SSSR count). The molecular weight excluding hydrogens is 351 g/mol. The molecule has 1 N–H and O–H groups in total. The number of nitrogens with one attached hydrogen (secondary N) is 1. The molecule has 1 fully saturated rings. The lowest BCUT2D eigenvalue weighted by atomic mass is 10.1. The van der Waals surface area contributed by atoms with Crippen molar-refractivity contribution in [3.63, 3.8) is 0 Å². The summed E-state index contributed by atoms with van der Waals surface area (Å²) in [4.78, 5) is 11.5. The smallest absolute Gasteiger partial charge is 0.222 e. The highest BCUT2D eigenvalue weighted by atomic mass is 35.5. The van der Waals surface area contributed by atoms with Gasteiger partial charge in [0.05, 0.1) is 0 Å². The molecule has 5 nitrogen and oxygen atoms in total. The Hall–Kier alpha value is -1.30. The minimum Gasteiger partial charge on any atom is -0.619 e. The van der Waals surface area contributed by atoms with Gasteiger partial charge in [0.15, 0.2) is 17.7 Å². The van der Waals surface area contributed by atoms with Gasteiger partial charge in [-0.25, -0.2) is 0 Å². The Kier molecular flexibility index (Phi) is 10.7. The van der Waals surface area contributed by atoms with E-state index in [4.69, 9.17) is 4.74 Å². The number of ether oxygens (including phenoxy) is 1. The van der Waals surface area contributed by atoms with Crippen LogP contribution in [0, 0.1) is 5.21 Å². The molecule has 0 spiro atoms. The topological polar surface area (TPSA) is 65.3 Å². The van der Waals surface area contributed by atoms with Crippen molar-refractivity contribution in [1.29, 1.82) is 0 Å². The number of carbonyl (C=O) groups excluding carboxylic acids is 1. The number of halogens is 2. The third-order valence-electron chi connectivity index (χ3n) is 3.78. The molecule has 0 radical (unpaired) electrons. The minimum atomic E-state index is 0. The van der Waals surface area contributed by atoms with Gasteiger partial charge in [-0.1, -0.05) is 6.92 Å². The highest BCUT2D eigenvalue weighted by molar-refractivity contribution is 5.93. The van der Waals surface area contributed by atoms with Crippen LogP contribution in [0.2, 0.25) is 0 Å². The van der Waals surface area contributed by atoms with Crippen molar-refractivity contribution in [1.82, 2.24) is 5.32 Å². The molecule has 2 atom stereocenters. The predicted molar refractivity (Wildman–Crippen MR) is 100.0 cm³/mol. The molecule has 24 heavy (non-hydrogen) atoms. The molecule has 0 bridgehead atoms. The molecular formula is C17H26Cl2N2O3. The number of allylic oxidation sites excluding steroid dienone is 1. The maximum atomic E-state index is 11.7. The fourth-order valence-electron chi connectivity index (χ4n) is 2.63. The minimum absolute atomic E-state index is 0. The van der Waals surface area contributed by atoms with E-state index < -0.39 is 0 Å². The van der Waals surface area contributed by atoms with Crippen LogP contribution in [0.3, 0.4) is 0 Å². The highest BCUT2D eigenvalue weighted by Crippen LogP contribution is 2.18. The average Bonchev–Trinajstić information content (AvgIpc) is 2.99. The van der Waals surface area contributed by atoms with E-state index in [9.17, 15) is 10.0 Å². The zero-order chi connectivity index (χ0) is 15.9. The molecule has 0 aromatic carbocycles. The maximum Gasteiger partial charge on any atom is 0.222 e. The number of ketones is 1. The van der Waals surface area contributed by atoms with Crippen LogP contribution in [0.25, 0.3) is 6.08 Å². The Balaban J connectivity index is 0.00000264. The second-order valence-electron chi connectivity index (χ2n) is 5.74. The fraction of sp³-hybridized carbons (Fsp3) is 0.529. The summed E-state index contributed by atoms with van der Waals surface area (Å²) in [6.07, 6.45) is 9.61. The van der Waals surface area contributed by atoms with Gasteiger partial charge in [0, 0.05) is 18.0 Å². The van der Waals surface area contributed by atoms with Gasteiger partial charge < -0.3 is 15.3 Å². The average molecular weight is 377 g/mol. The maximum absolute atomic E-state index is 11.7. The number of aromatic nitrogens is 1. The van der Waals surface area contributed by atoms with Crippen LogP contribution in [0.1, 0.15) is 45.1 Å². The molecule has 1 saturated heterocycles. The van der Waals surface area contributed by atoms with E-state index in [-0.39, 0.29) is 36.7 Å². The standard InChI is InChI=1S/C17H24N2O3.2ClH/c1-3-5-15(20)8-7-14-10-16(12-19(21)11-14)22-13(2)17-6-4-9-18-17;;/h7-8,10-13,17-18H,3-6,9H2,1-2H3;2*1H/t13?,17-;;/m0../s1. The van der Waals surface area contributed by atoms with Crippen molar-refractivity contribution < 1.29 is 14.3 Å². The molecule has 1 aliphatic heterocycles. The molecule has 1 aliphatic rings. The van der Waals surface area contributed by atoms with Crippen molar-refractivity contribution >= 4 is 36.7 Å². The Morgan fingerprint density at radius 1 is 1.50 bits per heavy atom. The quantitative estimate of drug-likeness (QED) is 0.451. The summed E-state index contributed by atoms with van der Waals surface area (Å²) in [6, 6.07) is 2.11. The van der Waals surface area contributed by atoms with Gasteiger partial charge in [0.2, 0.25) is 6.20 Å². The third-order valence-corrected chi connectivity index (χ3v) is 3.78. The molecule has 0 amide bonds. The van der Waals surface area contributed by atoms with Gasteiger partial charge in [-0.05, 0) is 50.9 Å². The van der Waals surface area contributed by atoms with Gasteiger partial charge in [-0.3, -0.25) is 4.79 Å². The van der Waals surface area contributed by atoms with Crippen LogP contribution in [0.15, 0.2) is 24.5 Å². The van der Waals surface area contributed by atoms with E-state index in [1.807, 2.05) is 13.8 Å². The number of hydrogen-bond donors (Lipinski definition) is 1. The van der Waals surface area contributed by atoms with E-state index in [0.717, 1.165) is 25.8 Å². The monoisotopic (exact) mass is 376 g/mol. The highest BCUT2D eigenvalue weighted by Gasteiger charge is 2.22.